The van der Waals surface area contributed by atoms with Crippen molar-refractivity contribution in [2.24, 2.45) is 0 Å². The minimum Gasteiger partial charge on any atom is -0.385 e. The molecule has 0 unspecified atom stereocenters. The number of rotatable bonds is 6. The zero-order valence-corrected chi connectivity index (χ0v) is 13.7. The number of hydrogen-bond acceptors (Lipinski definition) is 3. The molecule has 0 saturated heterocycles. The first-order chi connectivity index (χ1) is 9.61. The first-order valence-electron chi connectivity index (χ1n) is 6.65. The van der Waals surface area contributed by atoms with Crippen LogP contribution in [0, 0.1) is 13.8 Å². The zero-order valence-electron chi connectivity index (χ0n) is 12.1. The van der Waals surface area contributed by atoms with Crippen molar-refractivity contribution in [1.82, 2.24) is 9.55 Å². The van der Waals surface area contributed by atoms with E-state index in [1.54, 1.807) is 7.11 Å². The van der Waals surface area contributed by atoms with Crippen molar-refractivity contribution < 1.29 is 4.74 Å². The van der Waals surface area contributed by atoms with Crippen LogP contribution >= 0.6 is 15.9 Å². The molecule has 20 heavy (non-hydrogen) atoms. The Morgan fingerprint density at radius 3 is 2.65 bits per heavy atom. The Labute approximate surface area is 128 Å². The van der Waals surface area contributed by atoms with E-state index in [9.17, 15) is 0 Å². The standard InChI is InChI=1S/C15H20BrN3O/c1-11-9-13(16)10-12(2)14(11)18-15-17-5-7-19(15)6-4-8-20-3/h5,7,9-10H,4,6,8H2,1-3H3,(H,17,18). The molecule has 0 saturated carbocycles. The van der Waals surface area contributed by atoms with E-state index in [-0.39, 0.29) is 0 Å². The van der Waals surface area contributed by atoms with Crippen molar-refractivity contribution in [2.45, 2.75) is 26.8 Å². The van der Waals surface area contributed by atoms with Crippen LogP contribution in [-0.2, 0) is 11.3 Å². The van der Waals surface area contributed by atoms with E-state index in [4.69, 9.17) is 4.74 Å². The van der Waals surface area contributed by atoms with E-state index in [0.717, 1.165) is 35.7 Å². The number of imidazole rings is 1. The maximum Gasteiger partial charge on any atom is 0.207 e. The van der Waals surface area contributed by atoms with Crippen LogP contribution in [0.1, 0.15) is 17.5 Å². The Kier molecular flexibility index (Phi) is 5.20. The van der Waals surface area contributed by atoms with Crippen molar-refractivity contribution in [3.63, 3.8) is 0 Å². The van der Waals surface area contributed by atoms with E-state index in [0.29, 0.717) is 0 Å². The van der Waals surface area contributed by atoms with Crippen molar-refractivity contribution in [2.75, 3.05) is 19.0 Å². The molecule has 0 aliphatic heterocycles. The van der Waals surface area contributed by atoms with E-state index < -0.39 is 0 Å². The second kappa shape index (κ2) is 6.90. The van der Waals surface area contributed by atoms with Gasteiger partial charge in [0, 0.05) is 42.8 Å². The summed E-state index contributed by atoms with van der Waals surface area (Å²) >= 11 is 3.52. The SMILES string of the molecule is COCCCn1ccnc1Nc1c(C)cc(Br)cc1C. The normalized spacial score (nSPS) is 10.8. The van der Waals surface area contributed by atoms with Gasteiger partial charge in [0.2, 0.25) is 5.95 Å². The number of halogens is 1. The molecule has 0 fully saturated rings. The fraction of sp³-hybridized carbons (Fsp3) is 0.400. The Balaban J connectivity index is 2.16. The number of anilines is 2. The lowest BCUT2D eigenvalue weighted by molar-refractivity contribution is 0.190. The predicted molar refractivity (Wildman–Crippen MR) is 85.6 cm³/mol. The van der Waals surface area contributed by atoms with Gasteiger partial charge in [0.1, 0.15) is 0 Å². The van der Waals surface area contributed by atoms with Gasteiger partial charge in [-0.15, -0.1) is 0 Å². The number of nitrogens with zero attached hydrogens (tertiary/aromatic N) is 2. The van der Waals surface area contributed by atoms with Gasteiger partial charge in [-0.2, -0.15) is 0 Å². The van der Waals surface area contributed by atoms with Crippen molar-refractivity contribution in [1.29, 1.82) is 0 Å². The van der Waals surface area contributed by atoms with Crippen LogP contribution in [0.5, 0.6) is 0 Å². The molecule has 2 aromatic rings. The van der Waals surface area contributed by atoms with E-state index in [1.165, 1.54) is 11.1 Å². The van der Waals surface area contributed by atoms with Gasteiger partial charge in [0.15, 0.2) is 0 Å². The highest BCUT2D eigenvalue weighted by atomic mass is 79.9. The van der Waals surface area contributed by atoms with Gasteiger partial charge in [0.25, 0.3) is 0 Å². The van der Waals surface area contributed by atoms with Crippen molar-refractivity contribution in [3.05, 3.63) is 40.1 Å². The molecular weight excluding hydrogens is 318 g/mol. The second-order valence-corrected chi connectivity index (χ2v) is 5.75. The molecule has 1 aromatic carbocycles. The monoisotopic (exact) mass is 337 g/mol. The molecule has 0 spiro atoms. The Bertz CT molecular complexity index is 557. The third-order valence-electron chi connectivity index (χ3n) is 3.20. The van der Waals surface area contributed by atoms with Crippen LogP contribution in [0.15, 0.2) is 29.0 Å². The smallest absolute Gasteiger partial charge is 0.207 e. The van der Waals surface area contributed by atoms with Crippen molar-refractivity contribution in [3.8, 4) is 0 Å². The van der Waals surface area contributed by atoms with Crippen LogP contribution in [-0.4, -0.2) is 23.3 Å². The van der Waals surface area contributed by atoms with Gasteiger partial charge in [-0.25, -0.2) is 4.98 Å². The second-order valence-electron chi connectivity index (χ2n) is 4.83. The predicted octanol–water partition coefficient (Wildman–Crippen LogP) is 4.04. The molecule has 0 aliphatic carbocycles. The molecule has 1 aromatic heterocycles. The Morgan fingerprint density at radius 2 is 2.00 bits per heavy atom. The highest BCUT2D eigenvalue weighted by molar-refractivity contribution is 9.10. The molecule has 108 valence electrons. The molecule has 0 radical (unpaired) electrons. The summed E-state index contributed by atoms with van der Waals surface area (Å²) in [6, 6.07) is 4.21. The molecule has 2 rings (SSSR count). The molecular formula is C15H20BrN3O. The fourth-order valence-corrected chi connectivity index (χ4v) is 2.90. The van der Waals surface area contributed by atoms with Crippen LogP contribution in [0.4, 0.5) is 11.6 Å². The number of methoxy groups -OCH3 is 1. The third-order valence-corrected chi connectivity index (χ3v) is 3.66. The Hall–Kier alpha value is -1.33. The lowest BCUT2D eigenvalue weighted by Gasteiger charge is -2.14. The maximum atomic E-state index is 5.09. The van der Waals surface area contributed by atoms with Crippen LogP contribution < -0.4 is 5.32 Å². The van der Waals surface area contributed by atoms with Crippen LogP contribution in [0.3, 0.4) is 0 Å². The molecule has 0 atom stereocenters. The Morgan fingerprint density at radius 1 is 1.30 bits per heavy atom. The summed E-state index contributed by atoms with van der Waals surface area (Å²) in [7, 11) is 1.72. The fourth-order valence-electron chi connectivity index (χ4n) is 2.21. The number of aryl methyl sites for hydroxylation is 3. The summed E-state index contributed by atoms with van der Waals surface area (Å²) in [4.78, 5) is 4.39. The lowest BCUT2D eigenvalue weighted by Crippen LogP contribution is -2.06. The van der Waals surface area contributed by atoms with Gasteiger partial charge < -0.3 is 14.6 Å². The molecule has 5 heteroatoms. The average Bonchev–Trinajstić information content (AvgIpc) is 2.81. The maximum absolute atomic E-state index is 5.09. The molecule has 0 bridgehead atoms. The first kappa shape index (κ1) is 15.1. The molecule has 4 nitrogen and oxygen atoms in total. The summed E-state index contributed by atoms with van der Waals surface area (Å²) in [6.45, 7) is 5.84. The minimum absolute atomic E-state index is 0.758. The third kappa shape index (κ3) is 3.61. The largest absolute Gasteiger partial charge is 0.385 e. The number of hydrogen-bond donors (Lipinski definition) is 1. The highest BCUT2D eigenvalue weighted by Gasteiger charge is 2.08. The summed E-state index contributed by atoms with van der Waals surface area (Å²) in [5, 5.41) is 3.43. The average molecular weight is 338 g/mol. The summed E-state index contributed by atoms with van der Waals surface area (Å²) < 4.78 is 8.30. The number of ether oxygens (including phenoxy) is 1. The highest BCUT2D eigenvalue weighted by Crippen LogP contribution is 2.27. The van der Waals surface area contributed by atoms with Gasteiger partial charge >= 0.3 is 0 Å². The van der Waals surface area contributed by atoms with Crippen LogP contribution in [0.2, 0.25) is 0 Å². The molecule has 1 N–H and O–H groups in total. The van der Waals surface area contributed by atoms with E-state index in [2.05, 4.69) is 56.8 Å². The van der Waals surface area contributed by atoms with E-state index in [1.807, 2.05) is 12.4 Å². The minimum atomic E-state index is 0.758. The summed E-state index contributed by atoms with van der Waals surface area (Å²) in [5.41, 5.74) is 3.51. The van der Waals surface area contributed by atoms with Crippen LogP contribution in [0.25, 0.3) is 0 Å². The lowest BCUT2D eigenvalue weighted by atomic mass is 10.1. The number of nitrogens with one attached hydrogen (secondary N) is 1. The topological polar surface area (TPSA) is 39.1 Å². The van der Waals surface area contributed by atoms with E-state index >= 15 is 0 Å². The van der Waals surface area contributed by atoms with Gasteiger partial charge in [0.05, 0.1) is 0 Å². The number of benzene rings is 1. The molecule has 0 amide bonds. The number of aromatic nitrogens is 2. The zero-order chi connectivity index (χ0) is 14.5. The van der Waals surface area contributed by atoms with Gasteiger partial charge in [-0.1, -0.05) is 15.9 Å². The molecule has 0 aliphatic rings. The molecule has 1 heterocycles. The summed E-state index contributed by atoms with van der Waals surface area (Å²) in [6.07, 6.45) is 4.78. The van der Waals surface area contributed by atoms with Gasteiger partial charge in [-0.05, 0) is 43.5 Å². The summed E-state index contributed by atoms with van der Waals surface area (Å²) in [5.74, 6) is 0.870. The van der Waals surface area contributed by atoms with Gasteiger partial charge in [-0.3, -0.25) is 0 Å². The van der Waals surface area contributed by atoms with Crippen molar-refractivity contribution >= 4 is 27.6 Å². The quantitative estimate of drug-likeness (QED) is 0.808. The first-order valence-corrected chi connectivity index (χ1v) is 7.45.